The Bertz CT molecular complexity index is 4970. The second kappa shape index (κ2) is 41.1. The number of ether oxygens (including phenoxy) is 2. The summed E-state index contributed by atoms with van der Waals surface area (Å²) in [5.41, 5.74) is 4.62. The van der Waals surface area contributed by atoms with Crippen LogP contribution in [0.15, 0.2) is 183 Å². The second-order valence-corrected chi connectivity index (χ2v) is 33.8. The highest BCUT2D eigenvalue weighted by Gasteiger charge is 2.50. The molecule has 123 heavy (non-hydrogen) atoms. The number of carbonyl (C=O) groups is 8. The minimum Gasteiger partial charge on any atom is -0.480 e. The molecule has 9 atom stereocenters. The number of carboxylic acid groups (broad SMARTS) is 1. The molecule has 6 heterocycles. The molecule has 9 aromatic rings. The Hall–Kier alpha value is -12.3. The number of piperazine rings is 3. The Morgan fingerprint density at radius 2 is 0.764 bits per heavy atom. The molecule has 31 nitrogen and oxygen atoms in total. The van der Waals surface area contributed by atoms with E-state index >= 15 is 0 Å². The lowest BCUT2D eigenvalue weighted by Crippen LogP contribution is -2.58. The molecule has 6 fully saturated rings. The van der Waals surface area contributed by atoms with Gasteiger partial charge in [0.25, 0.3) is 17.7 Å². The van der Waals surface area contributed by atoms with Crippen LogP contribution in [0.5, 0.6) is 0 Å². The summed E-state index contributed by atoms with van der Waals surface area (Å²) in [6, 6.07) is 35.6. The number of rotatable bonds is 24. The van der Waals surface area contributed by atoms with Crippen molar-refractivity contribution >= 4 is 47.7 Å². The first-order chi connectivity index (χ1) is 58.9. The first-order valence-electron chi connectivity index (χ1n) is 41.5. The van der Waals surface area contributed by atoms with Crippen LogP contribution < -0.4 is 21.3 Å². The topological polar surface area (TPSA) is 338 Å². The molecule has 7 amide bonds. The van der Waals surface area contributed by atoms with Crippen LogP contribution in [0.25, 0.3) is 17.1 Å². The average molecular weight is 1690 g/mol. The third kappa shape index (κ3) is 25.9. The quantitative estimate of drug-likeness (QED) is 0.0377. The van der Waals surface area contributed by atoms with Crippen LogP contribution in [0.3, 0.4) is 0 Å². The fourth-order valence-corrected chi connectivity index (χ4v) is 14.9. The van der Waals surface area contributed by atoms with Gasteiger partial charge in [-0.15, -0.1) is 15.3 Å². The molecule has 6 aliphatic rings. The Morgan fingerprint density at radius 3 is 1.09 bits per heavy atom. The molecule has 0 radical (unpaired) electrons. The largest absolute Gasteiger partial charge is 0.480 e. The number of nitrogens with zero attached hydrogens (tertiary/aromatic N) is 16. The van der Waals surface area contributed by atoms with Crippen molar-refractivity contribution in [2.45, 2.75) is 133 Å². The van der Waals surface area contributed by atoms with Gasteiger partial charge in [-0.05, 0) is 233 Å². The van der Waals surface area contributed by atoms with Crippen LogP contribution >= 0.6 is 0 Å². The number of hydrogen-bond acceptors (Lipinski definition) is 20. The molecule has 3 aliphatic heterocycles. The molecule has 0 bridgehead atoms. The van der Waals surface area contributed by atoms with Gasteiger partial charge in [0, 0.05) is 119 Å². The van der Waals surface area contributed by atoms with Crippen molar-refractivity contribution in [3.63, 3.8) is 0 Å². The molecular weight excluding hydrogens is 1580 g/mol. The molecule has 652 valence electrons. The molecule has 3 saturated carbocycles. The van der Waals surface area contributed by atoms with Crippen molar-refractivity contribution in [2.24, 2.45) is 5.92 Å². The van der Waals surface area contributed by atoms with E-state index in [0.717, 1.165) is 67.1 Å². The molecule has 6 aromatic carbocycles. The predicted molar refractivity (Wildman–Crippen MR) is 451 cm³/mol. The summed E-state index contributed by atoms with van der Waals surface area (Å²) in [4.78, 5) is 119. The SMILES string of the molecule is CC(C)(C)OC(=O)N(CC(NC(=O)c1ccc(-n2ccnn2)cc1)C(=O)O)[C@@H]1C[C@H]1c1ccc(F)cc1.CN1CCN(C(=O)C(CC[C@@H]2C[C@H]2c2ccc(F)cc2)NC(=O)c2ccc(-n3ccnn3)cc2)CC1.CN1CCN(C(=O)C(CN(C(=O)OC(C)(C)C)[C@@H]2C[C@H]2c2ccc(F)cc2)NC(=O)c2ccc(-n3ccnn3)cc2)CC1.CN1CCNCC1. The fourth-order valence-electron chi connectivity index (χ4n) is 14.9. The number of hydrogen-bond donors (Lipinski definition) is 5. The van der Waals surface area contributed by atoms with Crippen LogP contribution in [0.4, 0.5) is 22.8 Å². The van der Waals surface area contributed by atoms with Crippen molar-refractivity contribution in [1.29, 1.82) is 0 Å². The van der Waals surface area contributed by atoms with Gasteiger partial charge in [-0.1, -0.05) is 52.0 Å². The lowest BCUT2D eigenvalue weighted by Gasteiger charge is -2.36. The number of carboxylic acids is 1. The molecule has 34 heteroatoms. The first-order valence-corrected chi connectivity index (χ1v) is 41.5. The number of aliphatic carboxylic acids is 1. The van der Waals surface area contributed by atoms with Gasteiger partial charge in [0.2, 0.25) is 11.8 Å². The monoisotopic (exact) mass is 1690 g/mol. The number of halogens is 3. The van der Waals surface area contributed by atoms with Gasteiger partial charge in [-0.25, -0.2) is 41.6 Å². The van der Waals surface area contributed by atoms with E-state index in [1.807, 2.05) is 31.1 Å². The highest BCUT2D eigenvalue weighted by molar-refractivity contribution is 5.99. The maximum absolute atomic E-state index is 13.9. The Morgan fingerprint density at radius 1 is 0.439 bits per heavy atom. The summed E-state index contributed by atoms with van der Waals surface area (Å²) in [5.74, 6) is -3.10. The Kier molecular flexibility index (Phi) is 30.0. The van der Waals surface area contributed by atoms with Crippen LogP contribution in [-0.4, -0.2) is 286 Å². The van der Waals surface area contributed by atoms with Crippen molar-refractivity contribution in [1.82, 2.24) is 101 Å². The number of carbonyl (C=O) groups excluding carboxylic acids is 7. The van der Waals surface area contributed by atoms with Gasteiger partial charge >= 0.3 is 18.2 Å². The molecule has 3 aromatic heterocycles. The molecule has 3 aliphatic carbocycles. The number of amides is 7. The van der Waals surface area contributed by atoms with Crippen molar-refractivity contribution < 1.29 is 66.1 Å². The van der Waals surface area contributed by atoms with Crippen molar-refractivity contribution in [3.05, 3.63) is 234 Å². The zero-order chi connectivity index (χ0) is 87.7. The minimum absolute atomic E-state index is 0.0188. The molecule has 15 rings (SSSR count). The number of nitrogens with one attached hydrogen (secondary N) is 4. The van der Waals surface area contributed by atoms with E-state index < -0.39 is 59.3 Å². The lowest BCUT2D eigenvalue weighted by atomic mass is 10.0. The van der Waals surface area contributed by atoms with E-state index in [4.69, 9.17) is 9.47 Å². The van der Waals surface area contributed by atoms with Gasteiger partial charge < -0.3 is 70.1 Å². The normalized spacial score (nSPS) is 19.5. The number of likely N-dealkylation sites (N-methyl/N-ethyl adjacent to an activating group) is 3. The smallest absolute Gasteiger partial charge is 0.410 e. The molecule has 3 saturated heterocycles. The van der Waals surface area contributed by atoms with E-state index in [-0.39, 0.29) is 77.7 Å². The van der Waals surface area contributed by atoms with Gasteiger partial charge in [-0.2, -0.15) is 0 Å². The summed E-state index contributed by atoms with van der Waals surface area (Å²) in [6.07, 6.45) is 12.2. The highest BCUT2D eigenvalue weighted by Crippen LogP contribution is 2.51. The standard InChI is InChI=1S/C31H38FN7O4.C27H31FN6O2.C26H28FN5O5.C5H12N2/c1-31(2,3)43-30(42)38(27-19-25(27)21-5-9-23(32)10-6-21)20-26(29(41)37-17-15-36(4)16-18-37)34-28(40)22-7-11-24(12-8-22)39-14-13-33-35-39;1-32-14-16-33(17-15-32)27(36)25(11-6-21-18-24(21)19-2-7-22(28)8-3-19)30-26(35)20-4-9-23(10-5-20)34-13-12-29-31-34;1-26(2,3)37-25(36)31(22-14-20(22)16-4-8-18(27)9-5-16)15-21(24(34)35)29-23(33)17-6-10-19(11-7-17)32-13-12-28-30-32;1-7-4-2-6-3-5-7/h5-14,25-27H,15-20H2,1-4H3,(H,34,40);2-5,7-10,12-13,21,24-25H,6,11,14-18H2,1H3,(H,30,35);4-13,20-22H,14-15H2,1-3H3,(H,29,33)(H,34,35);6H,2-5H2,1H3/t25-,26?,27+;21-,24+,25?;20-,21?,22+;/m010./s1. The zero-order valence-electron chi connectivity index (χ0n) is 70.8. The molecule has 3 unspecified atom stereocenters. The maximum Gasteiger partial charge on any atom is 0.410 e. The first kappa shape index (κ1) is 90.0. The molecular formula is C89H109F3N20O11. The van der Waals surface area contributed by atoms with Crippen LogP contribution in [0.1, 0.15) is 139 Å². The van der Waals surface area contributed by atoms with E-state index in [0.29, 0.717) is 87.2 Å². The lowest BCUT2D eigenvalue weighted by molar-refractivity contribution is -0.140. The van der Waals surface area contributed by atoms with Crippen LogP contribution in [0, 0.1) is 23.4 Å². The third-order valence-electron chi connectivity index (χ3n) is 22.2. The summed E-state index contributed by atoms with van der Waals surface area (Å²) < 4.78 is 56.2. The summed E-state index contributed by atoms with van der Waals surface area (Å²) in [7, 11) is 6.20. The summed E-state index contributed by atoms with van der Waals surface area (Å²) >= 11 is 0. The Labute approximate surface area is 713 Å². The third-order valence-corrected chi connectivity index (χ3v) is 22.2. The Balaban J connectivity index is 0.000000162. The number of benzene rings is 6. The van der Waals surface area contributed by atoms with Crippen molar-refractivity contribution in [3.8, 4) is 17.1 Å². The van der Waals surface area contributed by atoms with Gasteiger partial charge in [0.05, 0.1) is 67.3 Å². The van der Waals surface area contributed by atoms with Gasteiger partial charge in [0.15, 0.2) is 0 Å². The van der Waals surface area contributed by atoms with E-state index in [2.05, 4.69) is 74.0 Å². The van der Waals surface area contributed by atoms with Crippen LogP contribution in [0.2, 0.25) is 0 Å². The molecule has 0 spiro atoms. The average Bonchev–Trinajstić information content (AvgIpc) is 1.62. The van der Waals surface area contributed by atoms with Gasteiger partial charge in [-0.3, -0.25) is 24.0 Å². The summed E-state index contributed by atoms with van der Waals surface area (Å²) in [6.45, 7) is 20.3. The van der Waals surface area contributed by atoms with Crippen molar-refractivity contribution in [2.75, 3.05) is 113 Å². The zero-order valence-corrected chi connectivity index (χ0v) is 70.8. The summed E-state index contributed by atoms with van der Waals surface area (Å²) in [5, 5.41) is 44.7. The van der Waals surface area contributed by atoms with Gasteiger partial charge in [0.1, 0.15) is 46.8 Å². The fraction of sp³-hybridized carbons (Fsp3) is 0.438. The van der Waals surface area contributed by atoms with E-state index in [1.165, 1.54) is 65.3 Å². The second-order valence-electron chi connectivity index (χ2n) is 33.8. The van der Waals surface area contributed by atoms with Crippen LogP contribution in [-0.2, 0) is 23.9 Å². The number of aromatic nitrogens is 9. The van der Waals surface area contributed by atoms with E-state index in [1.54, 1.807) is 189 Å². The minimum atomic E-state index is -1.38. The highest BCUT2D eigenvalue weighted by atomic mass is 19.1. The van der Waals surface area contributed by atoms with E-state index in [9.17, 15) is 56.6 Å². The predicted octanol–water partition coefficient (Wildman–Crippen LogP) is 8.84. The maximum atomic E-state index is 13.9. The molecule has 5 N–H and O–H groups in total.